The minimum absolute atomic E-state index is 0.450. The zero-order valence-corrected chi connectivity index (χ0v) is 11.2. The minimum atomic E-state index is -1.23. The number of nitrogens with zero attached hydrogens (tertiary/aromatic N) is 1. The van der Waals surface area contributed by atoms with E-state index in [0.29, 0.717) is 12.1 Å². The molecule has 0 radical (unpaired) electrons. The second kappa shape index (κ2) is 5.49. The number of carbonyl (C=O) groups excluding carboxylic acids is 1. The van der Waals surface area contributed by atoms with Crippen molar-refractivity contribution < 1.29 is 18.5 Å². The first kappa shape index (κ1) is 16.0. The molecule has 0 aliphatic heterocycles. The van der Waals surface area contributed by atoms with Crippen LogP contribution in [0.4, 0.5) is 20.2 Å². The molecule has 0 unspecified atom stereocenters. The fraction of sp³-hybridized carbons (Fsp3) is 0.417. The van der Waals surface area contributed by atoms with Gasteiger partial charge in [-0.3, -0.25) is 14.9 Å². The van der Waals surface area contributed by atoms with Crippen LogP contribution in [0.3, 0.4) is 0 Å². The van der Waals surface area contributed by atoms with E-state index in [4.69, 9.17) is 5.73 Å². The Balaban J connectivity index is 3.16. The molecule has 20 heavy (non-hydrogen) atoms. The number of benzene rings is 1. The molecular formula is C12H15F2N3O3. The van der Waals surface area contributed by atoms with Gasteiger partial charge in [-0.25, -0.2) is 8.78 Å². The van der Waals surface area contributed by atoms with Crippen LogP contribution in [-0.4, -0.2) is 16.9 Å². The molecule has 1 amide bonds. The number of halogens is 2. The lowest BCUT2D eigenvalue weighted by Gasteiger charge is -2.25. The summed E-state index contributed by atoms with van der Waals surface area (Å²) >= 11 is 0. The molecule has 0 saturated heterocycles. The second-order valence-corrected chi connectivity index (χ2v) is 5.37. The van der Waals surface area contributed by atoms with E-state index in [1.165, 1.54) is 0 Å². The van der Waals surface area contributed by atoms with Gasteiger partial charge in [0.2, 0.25) is 5.91 Å². The molecule has 0 heterocycles. The lowest BCUT2D eigenvalue weighted by Crippen LogP contribution is -2.45. The molecule has 0 spiro atoms. The molecule has 0 bridgehead atoms. The minimum Gasteiger partial charge on any atom is -0.319 e. The topological polar surface area (TPSA) is 98.3 Å². The van der Waals surface area contributed by atoms with Crippen LogP contribution < -0.4 is 11.1 Å². The predicted molar refractivity (Wildman–Crippen MR) is 69.1 cm³/mol. The number of carbonyl (C=O) groups is 1. The molecule has 0 aromatic heterocycles. The van der Waals surface area contributed by atoms with Crippen LogP contribution in [0.1, 0.15) is 20.8 Å². The molecule has 1 aromatic rings. The Morgan fingerprint density at radius 2 is 1.95 bits per heavy atom. The van der Waals surface area contributed by atoms with Crippen LogP contribution in [0.2, 0.25) is 0 Å². The van der Waals surface area contributed by atoms with Crippen molar-refractivity contribution >= 4 is 17.3 Å². The molecule has 8 heteroatoms. The highest BCUT2D eigenvalue weighted by atomic mass is 19.1. The molecule has 0 aliphatic carbocycles. The first-order valence-electron chi connectivity index (χ1n) is 5.74. The molecule has 0 fully saturated rings. The summed E-state index contributed by atoms with van der Waals surface area (Å²) in [6.07, 6.45) is 0. The van der Waals surface area contributed by atoms with E-state index in [9.17, 15) is 23.7 Å². The highest BCUT2D eigenvalue weighted by molar-refractivity contribution is 5.97. The first-order chi connectivity index (χ1) is 9.04. The normalized spacial score (nSPS) is 12.9. The van der Waals surface area contributed by atoms with Crippen molar-refractivity contribution in [1.29, 1.82) is 0 Å². The van der Waals surface area contributed by atoms with Crippen LogP contribution in [-0.2, 0) is 4.79 Å². The summed E-state index contributed by atoms with van der Waals surface area (Å²) in [6.45, 7) is 5.06. The largest absolute Gasteiger partial charge is 0.319 e. The van der Waals surface area contributed by atoms with E-state index in [1.54, 1.807) is 20.8 Å². The Hall–Kier alpha value is -2.09. The van der Waals surface area contributed by atoms with E-state index in [2.05, 4.69) is 0 Å². The number of hydrogen-bond donors (Lipinski definition) is 2. The van der Waals surface area contributed by atoms with E-state index >= 15 is 0 Å². The average Bonchev–Trinajstić information content (AvgIpc) is 2.29. The zero-order chi connectivity index (χ0) is 15.7. The summed E-state index contributed by atoms with van der Waals surface area (Å²) in [6, 6.07) is -0.0291. The van der Waals surface area contributed by atoms with Gasteiger partial charge in [0.05, 0.1) is 17.0 Å². The highest BCUT2D eigenvalue weighted by Crippen LogP contribution is 2.29. The quantitative estimate of drug-likeness (QED) is 0.657. The summed E-state index contributed by atoms with van der Waals surface area (Å²) in [4.78, 5) is 21.6. The number of anilines is 1. The number of nitrogens with one attached hydrogen (secondary N) is 1. The molecular weight excluding hydrogens is 272 g/mol. The van der Waals surface area contributed by atoms with Gasteiger partial charge in [-0.1, -0.05) is 20.8 Å². The van der Waals surface area contributed by atoms with Crippen LogP contribution in [0, 0.1) is 27.2 Å². The van der Waals surface area contributed by atoms with Crippen LogP contribution in [0.5, 0.6) is 0 Å². The van der Waals surface area contributed by atoms with Gasteiger partial charge in [-0.15, -0.1) is 0 Å². The van der Waals surface area contributed by atoms with Gasteiger partial charge in [-0.05, 0) is 5.41 Å². The van der Waals surface area contributed by atoms with Crippen molar-refractivity contribution in [2.75, 3.05) is 5.32 Å². The summed E-state index contributed by atoms with van der Waals surface area (Å²) < 4.78 is 26.6. The molecule has 1 rings (SSSR count). The fourth-order valence-electron chi connectivity index (χ4n) is 1.42. The van der Waals surface area contributed by atoms with Gasteiger partial charge in [0, 0.05) is 6.07 Å². The fourth-order valence-corrected chi connectivity index (χ4v) is 1.42. The summed E-state index contributed by atoms with van der Waals surface area (Å²) in [5.41, 5.74) is 3.50. The third-order valence-corrected chi connectivity index (χ3v) is 2.69. The number of hydrogen-bond acceptors (Lipinski definition) is 4. The van der Waals surface area contributed by atoms with Crippen molar-refractivity contribution in [3.05, 3.63) is 33.9 Å². The Kier molecular flexibility index (Phi) is 4.39. The zero-order valence-electron chi connectivity index (χ0n) is 11.2. The number of amides is 1. The van der Waals surface area contributed by atoms with Crippen LogP contribution in [0.25, 0.3) is 0 Å². The lowest BCUT2D eigenvalue weighted by atomic mass is 9.87. The van der Waals surface area contributed by atoms with E-state index < -0.39 is 45.3 Å². The van der Waals surface area contributed by atoms with Crippen molar-refractivity contribution in [3.8, 4) is 0 Å². The van der Waals surface area contributed by atoms with Gasteiger partial charge in [-0.2, -0.15) is 0 Å². The van der Waals surface area contributed by atoms with Gasteiger partial charge in [0.25, 0.3) is 5.69 Å². The SMILES string of the molecule is CC(C)(C)[C@@H](N)C(=O)Nc1c(F)cc(F)cc1[N+](=O)[O-]. The molecule has 1 atom stereocenters. The number of nitro groups is 1. The molecule has 1 aromatic carbocycles. The highest BCUT2D eigenvalue weighted by Gasteiger charge is 2.30. The molecule has 110 valence electrons. The van der Waals surface area contributed by atoms with E-state index in [0.717, 1.165) is 0 Å². The van der Waals surface area contributed by atoms with Crippen molar-refractivity contribution in [2.45, 2.75) is 26.8 Å². The van der Waals surface area contributed by atoms with Crippen molar-refractivity contribution in [1.82, 2.24) is 0 Å². The van der Waals surface area contributed by atoms with E-state index in [1.807, 2.05) is 5.32 Å². The number of rotatable bonds is 3. The maximum atomic E-state index is 13.6. The van der Waals surface area contributed by atoms with Crippen LogP contribution >= 0.6 is 0 Å². The Morgan fingerprint density at radius 3 is 2.40 bits per heavy atom. The Bertz CT molecular complexity index is 556. The van der Waals surface area contributed by atoms with Gasteiger partial charge < -0.3 is 11.1 Å². The third-order valence-electron chi connectivity index (χ3n) is 2.69. The molecule has 0 saturated carbocycles. The van der Waals surface area contributed by atoms with Crippen LogP contribution in [0.15, 0.2) is 12.1 Å². The second-order valence-electron chi connectivity index (χ2n) is 5.37. The average molecular weight is 287 g/mol. The monoisotopic (exact) mass is 287 g/mol. The van der Waals surface area contributed by atoms with Crippen molar-refractivity contribution in [2.24, 2.45) is 11.1 Å². The summed E-state index contributed by atoms with van der Waals surface area (Å²) in [5, 5.41) is 12.8. The summed E-state index contributed by atoms with van der Waals surface area (Å²) in [7, 11) is 0. The molecule has 3 N–H and O–H groups in total. The van der Waals surface area contributed by atoms with Crippen molar-refractivity contribution in [3.63, 3.8) is 0 Å². The Labute approximate surface area is 114 Å². The lowest BCUT2D eigenvalue weighted by molar-refractivity contribution is -0.384. The van der Waals surface area contributed by atoms with Gasteiger partial charge in [0.1, 0.15) is 5.82 Å². The van der Waals surface area contributed by atoms with Gasteiger partial charge >= 0.3 is 0 Å². The Morgan fingerprint density at radius 1 is 1.40 bits per heavy atom. The van der Waals surface area contributed by atoms with Gasteiger partial charge in [0.15, 0.2) is 11.5 Å². The standard InChI is InChI=1S/C12H15F2N3O3/c1-12(2,3)10(15)11(18)16-9-7(14)4-6(13)5-8(9)17(19)20/h4-5,10H,15H2,1-3H3,(H,16,18)/t10-/m0/s1. The maximum Gasteiger partial charge on any atom is 0.298 e. The molecule has 0 aliphatic rings. The predicted octanol–water partition coefficient (Wildman–Crippen LogP) is 2.18. The van der Waals surface area contributed by atoms with E-state index in [-0.39, 0.29) is 0 Å². The molecule has 6 nitrogen and oxygen atoms in total. The third kappa shape index (κ3) is 3.47. The number of nitro benzene ring substituents is 1. The first-order valence-corrected chi connectivity index (χ1v) is 5.74. The number of nitrogens with two attached hydrogens (primary N) is 1. The smallest absolute Gasteiger partial charge is 0.298 e. The summed E-state index contributed by atoms with van der Waals surface area (Å²) in [5.74, 6) is -3.12. The maximum absolute atomic E-state index is 13.6.